The Kier molecular flexibility index (Phi) is 5.92. The summed E-state index contributed by atoms with van der Waals surface area (Å²) in [5.74, 6) is 1.36. The number of pyridine rings is 1. The summed E-state index contributed by atoms with van der Waals surface area (Å²) < 4.78 is 42.8. The molecule has 2 rings (SSSR count). The molecule has 1 fully saturated rings. The Bertz CT molecular complexity index is 561. The second-order valence-corrected chi connectivity index (χ2v) is 5.59. The highest BCUT2D eigenvalue weighted by molar-refractivity contribution is 6.31. The number of aromatic nitrogens is 1. The zero-order valence-electron chi connectivity index (χ0n) is 12.6. The van der Waals surface area contributed by atoms with Crippen LogP contribution in [0.5, 0.6) is 5.88 Å². The largest absolute Gasteiger partial charge is 0.475 e. The van der Waals surface area contributed by atoms with Gasteiger partial charge in [-0.2, -0.15) is 13.2 Å². The van der Waals surface area contributed by atoms with Crippen LogP contribution in [0.3, 0.4) is 0 Å². The van der Waals surface area contributed by atoms with Crippen LogP contribution in [0.25, 0.3) is 0 Å². The zero-order chi connectivity index (χ0) is 16.9. The van der Waals surface area contributed by atoms with Gasteiger partial charge >= 0.3 is 6.18 Å². The maximum atomic E-state index is 12.5. The first kappa shape index (κ1) is 17.7. The SMILES string of the molecule is CN=C(NCCOc1ncc(C(F)(F)F)cc1Cl)NCC1CC1. The van der Waals surface area contributed by atoms with Gasteiger partial charge in [0.2, 0.25) is 5.88 Å². The van der Waals surface area contributed by atoms with E-state index in [1.165, 1.54) is 12.8 Å². The highest BCUT2D eigenvalue weighted by atomic mass is 35.5. The number of alkyl halides is 3. The van der Waals surface area contributed by atoms with E-state index >= 15 is 0 Å². The molecule has 1 aromatic rings. The predicted octanol–water partition coefficient (Wildman–Crippen LogP) is 2.71. The third kappa shape index (κ3) is 5.78. The van der Waals surface area contributed by atoms with E-state index in [0.717, 1.165) is 18.5 Å². The topological polar surface area (TPSA) is 58.5 Å². The van der Waals surface area contributed by atoms with Crippen LogP contribution in [0, 0.1) is 5.92 Å². The van der Waals surface area contributed by atoms with Gasteiger partial charge < -0.3 is 15.4 Å². The van der Waals surface area contributed by atoms with Crippen LogP contribution < -0.4 is 15.4 Å². The van der Waals surface area contributed by atoms with Gasteiger partial charge in [-0.1, -0.05) is 11.6 Å². The number of ether oxygens (including phenoxy) is 1. The highest BCUT2D eigenvalue weighted by Gasteiger charge is 2.31. The van der Waals surface area contributed by atoms with E-state index in [9.17, 15) is 13.2 Å². The van der Waals surface area contributed by atoms with Crippen molar-refractivity contribution in [3.05, 3.63) is 22.8 Å². The Morgan fingerprint density at radius 1 is 1.43 bits per heavy atom. The van der Waals surface area contributed by atoms with E-state index in [2.05, 4.69) is 20.6 Å². The minimum absolute atomic E-state index is 0.0256. The second kappa shape index (κ2) is 7.72. The summed E-state index contributed by atoms with van der Waals surface area (Å²) in [5.41, 5.74) is -0.905. The minimum Gasteiger partial charge on any atom is -0.475 e. The first-order valence-electron chi connectivity index (χ1n) is 7.20. The van der Waals surface area contributed by atoms with Crippen molar-refractivity contribution in [2.45, 2.75) is 19.0 Å². The van der Waals surface area contributed by atoms with Crippen LogP contribution in [0.2, 0.25) is 5.02 Å². The lowest BCUT2D eigenvalue weighted by atomic mass is 10.3. The molecular weight excluding hydrogens is 333 g/mol. The fourth-order valence-electron chi connectivity index (χ4n) is 1.79. The molecule has 5 nitrogen and oxygen atoms in total. The van der Waals surface area contributed by atoms with E-state index < -0.39 is 11.7 Å². The number of nitrogens with one attached hydrogen (secondary N) is 2. The Morgan fingerprint density at radius 3 is 2.74 bits per heavy atom. The summed E-state index contributed by atoms with van der Waals surface area (Å²) >= 11 is 5.75. The van der Waals surface area contributed by atoms with Crippen molar-refractivity contribution < 1.29 is 17.9 Å². The van der Waals surface area contributed by atoms with Crippen molar-refractivity contribution >= 4 is 17.6 Å². The van der Waals surface area contributed by atoms with Crippen LogP contribution in [0.1, 0.15) is 18.4 Å². The lowest BCUT2D eigenvalue weighted by molar-refractivity contribution is -0.137. The molecule has 1 heterocycles. The molecule has 23 heavy (non-hydrogen) atoms. The minimum atomic E-state index is -4.48. The molecule has 0 spiro atoms. The van der Waals surface area contributed by atoms with E-state index in [1.807, 2.05) is 0 Å². The number of guanidine groups is 1. The number of rotatable bonds is 6. The fourth-order valence-corrected chi connectivity index (χ4v) is 2.01. The van der Waals surface area contributed by atoms with Gasteiger partial charge in [-0.25, -0.2) is 4.98 Å². The lowest BCUT2D eigenvalue weighted by Crippen LogP contribution is -2.40. The van der Waals surface area contributed by atoms with E-state index in [4.69, 9.17) is 16.3 Å². The van der Waals surface area contributed by atoms with Gasteiger partial charge in [0.15, 0.2) is 5.96 Å². The van der Waals surface area contributed by atoms with Crippen molar-refractivity contribution in [3.63, 3.8) is 0 Å². The average molecular weight is 351 g/mol. The molecule has 1 saturated carbocycles. The third-order valence-electron chi connectivity index (χ3n) is 3.25. The Labute approximate surface area is 137 Å². The van der Waals surface area contributed by atoms with Gasteiger partial charge in [-0.05, 0) is 24.8 Å². The molecule has 9 heteroatoms. The average Bonchev–Trinajstić information content (AvgIpc) is 3.31. The molecule has 0 atom stereocenters. The molecule has 0 aliphatic heterocycles. The fraction of sp³-hybridized carbons (Fsp3) is 0.571. The summed E-state index contributed by atoms with van der Waals surface area (Å²) in [5, 5.41) is 6.05. The van der Waals surface area contributed by atoms with Gasteiger partial charge in [0.1, 0.15) is 11.6 Å². The standard InChI is InChI=1S/C14H18ClF3N4O/c1-19-13(22-7-9-2-3-9)20-4-5-23-12-11(15)6-10(8-21-12)14(16,17)18/h6,8-9H,2-5,7H2,1H3,(H2,19,20,22). The van der Waals surface area contributed by atoms with Crippen LogP contribution >= 0.6 is 11.6 Å². The molecule has 1 aliphatic carbocycles. The van der Waals surface area contributed by atoms with Gasteiger partial charge in [0, 0.05) is 19.8 Å². The maximum absolute atomic E-state index is 12.5. The summed E-state index contributed by atoms with van der Waals surface area (Å²) in [6, 6.07) is 0.799. The van der Waals surface area contributed by atoms with E-state index in [0.29, 0.717) is 18.7 Å². The Balaban J connectivity index is 1.75. The highest BCUT2D eigenvalue weighted by Crippen LogP contribution is 2.33. The smallest absolute Gasteiger partial charge is 0.417 e. The van der Waals surface area contributed by atoms with Crippen LogP contribution in [0.4, 0.5) is 13.2 Å². The van der Waals surface area contributed by atoms with Gasteiger partial charge in [0.25, 0.3) is 0 Å². The first-order chi connectivity index (χ1) is 10.9. The summed E-state index contributed by atoms with van der Waals surface area (Å²) in [4.78, 5) is 7.66. The van der Waals surface area contributed by atoms with E-state index in [-0.39, 0.29) is 17.5 Å². The van der Waals surface area contributed by atoms with Crippen LogP contribution in [-0.2, 0) is 6.18 Å². The number of hydrogen-bond acceptors (Lipinski definition) is 3. The maximum Gasteiger partial charge on any atom is 0.417 e. The zero-order valence-corrected chi connectivity index (χ0v) is 13.3. The molecule has 0 saturated heterocycles. The van der Waals surface area contributed by atoms with Crippen LogP contribution in [-0.4, -0.2) is 37.7 Å². The van der Waals surface area contributed by atoms with Crippen molar-refractivity contribution in [3.8, 4) is 5.88 Å². The molecule has 0 radical (unpaired) electrons. The lowest BCUT2D eigenvalue weighted by Gasteiger charge is -2.13. The van der Waals surface area contributed by atoms with E-state index in [1.54, 1.807) is 7.05 Å². The van der Waals surface area contributed by atoms with Crippen molar-refractivity contribution in [1.29, 1.82) is 0 Å². The molecule has 1 aromatic heterocycles. The number of hydrogen-bond donors (Lipinski definition) is 2. The normalized spacial score (nSPS) is 15.4. The number of nitrogens with zero attached hydrogens (tertiary/aromatic N) is 2. The Hall–Kier alpha value is -1.70. The quantitative estimate of drug-likeness (QED) is 0.470. The van der Waals surface area contributed by atoms with Gasteiger partial charge in [-0.3, -0.25) is 4.99 Å². The van der Waals surface area contributed by atoms with Crippen molar-refractivity contribution in [2.24, 2.45) is 10.9 Å². The number of halogens is 4. The third-order valence-corrected chi connectivity index (χ3v) is 3.52. The van der Waals surface area contributed by atoms with Gasteiger partial charge in [-0.15, -0.1) is 0 Å². The van der Waals surface area contributed by atoms with Gasteiger partial charge in [0.05, 0.1) is 12.1 Å². The van der Waals surface area contributed by atoms with Crippen molar-refractivity contribution in [1.82, 2.24) is 15.6 Å². The first-order valence-corrected chi connectivity index (χ1v) is 7.58. The summed E-state index contributed by atoms with van der Waals surface area (Å²) in [7, 11) is 1.66. The molecule has 0 bridgehead atoms. The predicted molar refractivity (Wildman–Crippen MR) is 81.8 cm³/mol. The summed E-state index contributed by atoms with van der Waals surface area (Å²) in [6.45, 7) is 1.50. The van der Waals surface area contributed by atoms with Crippen molar-refractivity contribution in [2.75, 3.05) is 26.7 Å². The molecule has 2 N–H and O–H groups in total. The Morgan fingerprint density at radius 2 is 2.17 bits per heavy atom. The molecular formula is C14H18ClF3N4O. The molecule has 128 valence electrons. The monoisotopic (exact) mass is 350 g/mol. The number of aliphatic imine (C=N–C) groups is 1. The second-order valence-electron chi connectivity index (χ2n) is 5.18. The molecule has 0 amide bonds. The summed E-state index contributed by atoms with van der Waals surface area (Å²) in [6.07, 6.45) is -1.29. The molecule has 0 aromatic carbocycles. The molecule has 0 unspecified atom stereocenters. The molecule has 1 aliphatic rings. The van der Waals surface area contributed by atoms with Crippen LogP contribution in [0.15, 0.2) is 17.3 Å².